The number of carbonyl (C=O) groups excluding carboxylic acids is 1. The van der Waals surface area contributed by atoms with Crippen LogP contribution in [0.4, 0.5) is 0 Å². The number of amides is 1. The van der Waals surface area contributed by atoms with Crippen LogP contribution in [0.1, 0.15) is 18.2 Å². The quantitative estimate of drug-likeness (QED) is 0.886. The molecule has 1 atom stereocenters. The minimum atomic E-state index is -0.518. The van der Waals surface area contributed by atoms with E-state index in [1.807, 2.05) is 49.4 Å². The van der Waals surface area contributed by atoms with Crippen molar-refractivity contribution in [3.8, 4) is 5.75 Å². The van der Waals surface area contributed by atoms with Crippen molar-refractivity contribution in [3.05, 3.63) is 59.9 Å². The number of ether oxygens (including phenoxy) is 1. The van der Waals surface area contributed by atoms with Crippen LogP contribution >= 0.6 is 0 Å². The molecule has 0 aliphatic carbocycles. The number of pyridine rings is 1. The van der Waals surface area contributed by atoms with Gasteiger partial charge in [0.1, 0.15) is 5.75 Å². The first kappa shape index (κ1) is 15.0. The molecule has 0 saturated carbocycles. The van der Waals surface area contributed by atoms with E-state index in [-0.39, 0.29) is 5.91 Å². The number of aromatic nitrogens is 1. The van der Waals surface area contributed by atoms with Gasteiger partial charge in [-0.3, -0.25) is 9.78 Å². The second-order valence-corrected chi connectivity index (χ2v) is 4.94. The topological polar surface area (TPSA) is 51.2 Å². The average Bonchev–Trinajstić information content (AvgIpc) is 2.48. The van der Waals surface area contributed by atoms with Crippen molar-refractivity contribution in [2.75, 3.05) is 6.54 Å². The summed E-state index contributed by atoms with van der Waals surface area (Å²) in [5.74, 6) is 0.592. The van der Waals surface area contributed by atoms with Crippen LogP contribution in [0, 0.1) is 6.92 Å². The average molecular weight is 284 g/mol. The van der Waals surface area contributed by atoms with Gasteiger partial charge in [0.15, 0.2) is 6.10 Å². The van der Waals surface area contributed by atoms with Crippen molar-refractivity contribution >= 4 is 5.91 Å². The van der Waals surface area contributed by atoms with E-state index in [4.69, 9.17) is 4.74 Å². The molecule has 2 rings (SSSR count). The summed E-state index contributed by atoms with van der Waals surface area (Å²) in [7, 11) is 0. The summed E-state index contributed by atoms with van der Waals surface area (Å²) >= 11 is 0. The third-order valence-corrected chi connectivity index (χ3v) is 3.08. The highest BCUT2D eigenvalue weighted by atomic mass is 16.5. The van der Waals surface area contributed by atoms with Crippen LogP contribution in [0.25, 0.3) is 0 Å². The monoisotopic (exact) mass is 284 g/mol. The van der Waals surface area contributed by atoms with Crippen LogP contribution in [0.15, 0.2) is 48.7 Å². The van der Waals surface area contributed by atoms with Gasteiger partial charge in [-0.2, -0.15) is 0 Å². The Hall–Kier alpha value is -2.36. The zero-order valence-electron chi connectivity index (χ0n) is 12.4. The third kappa shape index (κ3) is 4.91. The summed E-state index contributed by atoms with van der Waals surface area (Å²) in [6.45, 7) is 4.29. The standard InChI is InChI=1S/C17H20N2O2/c1-13-6-5-8-16(12-13)21-14(2)17(20)19-11-9-15-7-3-4-10-18-15/h3-8,10,12,14H,9,11H2,1-2H3,(H,19,20). The first-order valence-electron chi connectivity index (χ1n) is 7.06. The molecule has 110 valence electrons. The first-order chi connectivity index (χ1) is 10.1. The smallest absolute Gasteiger partial charge is 0.260 e. The third-order valence-electron chi connectivity index (χ3n) is 3.08. The number of nitrogens with zero attached hydrogens (tertiary/aromatic N) is 1. The van der Waals surface area contributed by atoms with Gasteiger partial charge in [0, 0.05) is 24.9 Å². The maximum absolute atomic E-state index is 12.0. The van der Waals surface area contributed by atoms with Crippen LogP contribution < -0.4 is 10.1 Å². The van der Waals surface area contributed by atoms with E-state index in [2.05, 4.69) is 10.3 Å². The second kappa shape index (κ2) is 7.43. The van der Waals surface area contributed by atoms with Gasteiger partial charge in [-0.15, -0.1) is 0 Å². The fraction of sp³-hybridized carbons (Fsp3) is 0.294. The van der Waals surface area contributed by atoms with Crippen LogP contribution in [0.5, 0.6) is 5.75 Å². The number of nitrogens with one attached hydrogen (secondary N) is 1. The van der Waals surface area contributed by atoms with E-state index in [0.717, 1.165) is 11.3 Å². The van der Waals surface area contributed by atoms with Gasteiger partial charge in [-0.25, -0.2) is 0 Å². The van der Waals surface area contributed by atoms with Gasteiger partial charge in [-0.05, 0) is 43.7 Å². The maximum Gasteiger partial charge on any atom is 0.260 e. The number of hydrogen-bond acceptors (Lipinski definition) is 3. The van der Waals surface area contributed by atoms with Crippen molar-refractivity contribution in [1.82, 2.24) is 10.3 Å². The van der Waals surface area contributed by atoms with E-state index >= 15 is 0 Å². The molecule has 4 nitrogen and oxygen atoms in total. The van der Waals surface area contributed by atoms with Crippen LogP contribution in [-0.4, -0.2) is 23.5 Å². The SMILES string of the molecule is Cc1cccc(OC(C)C(=O)NCCc2ccccn2)c1. The molecule has 4 heteroatoms. The van der Waals surface area contributed by atoms with Gasteiger partial charge in [-0.1, -0.05) is 18.2 Å². The molecule has 0 bridgehead atoms. The molecule has 0 saturated heterocycles. The lowest BCUT2D eigenvalue weighted by molar-refractivity contribution is -0.127. The lowest BCUT2D eigenvalue weighted by atomic mass is 10.2. The molecule has 0 radical (unpaired) electrons. The Labute approximate surface area is 125 Å². The summed E-state index contributed by atoms with van der Waals surface area (Å²) in [5, 5.41) is 2.86. The van der Waals surface area contributed by atoms with E-state index in [0.29, 0.717) is 18.7 Å². The Morgan fingerprint density at radius 3 is 2.86 bits per heavy atom. The Morgan fingerprint density at radius 2 is 2.14 bits per heavy atom. The molecule has 0 aliphatic heterocycles. The van der Waals surface area contributed by atoms with Crippen LogP contribution in [-0.2, 0) is 11.2 Å². The van der Waals surface area contributed by atoms with Gasteiger partial charge in [0.25, 0.3) is 5.91 Å². The predicted molar refractivity (Wildman–Crippen MR) is 82.2 cm³/mol. The van der Waals surface area contributed by atoms with Gasteiger partial charge >= 0.3 is 0 Å². The Bertz CT molecular complexity index is 584. The molecule has 21 heavy (non-hydrogen) atoms. The molecular weight excluding hydrogens is 264 g/mol. The highest BCUT2D eigenvalue weighted by Gasteiger charge is 2.14. The predicted octanol–water partition coefficient (Wildman–Crippen LogP) is 2.52. The molecule has 0 aliphatic rings. The van der Waals surface area contributed by atoms with Crippen molar-refractivity contribution < 1.29 is 9.53 Å². The summed E-state index contributed by atoms with van der Waals surface area (Å²) in [4.78, 5) is 16.2. The van der Waals surface area contributed by atoms with Crippen molar-refractivity contribution in [1.29, 1.82) is 0 Å². The Morgan fingerprint density at radius 1 is 1.29 bits per heavy atom. The normalized spacial score (nSPS) is 11.7. The van der Waals surface area contributed by atoms with E-state index in [1.165, 1.54) is 0 Å². The van der Waals surface area contributed by atoms with E-state index in [9.17, 15) is 4.79 Å². The first-order valence-corrected chi connectivity index (χ1v) is 7.06. The second-order valence-electron chi connectivity index (χ2n) is 4.94. The minimum Gasteiger partial charge on any atom is -0.481 e. The zero-order valence-corrected chi connectivity index (χ0v) is 12.4. The summed E-state index contributed by atoms with van der Waals surface area (Å²) in [5.41, 5.74) is 2.07. The summed E-state index contributed by atoms with van der Waals surface area (Å²) in [6.07, 6.45) is 1.94. The number of rotatable bonds is 6. The zero-order chi connectivity index (χ0) is 15.1. The van der Waals surface area contributed by atoms with Crippen molar-refractivity contribution in [2.24, 2.45) is 0 Å². The Balaban J connectivity index is 1.77. The number of hydrogen-bond donors (Lipinski definition) is 1. The van der Waals surface area contributed by atoms with Crippen LogP contribution in [0.2, 0.25) is 0 Å². The minimum absolute atomic E-state index is 0.118. The molecule has 1 N–H and O–H groups in total. The molecule has 1 aromatic carbocycles. The van der Waals surface area contributed by atoms with E-state index < -0.39 is 6.10 Å². The molecule has 1 heterocycles. The number of aryl methyl sites for hydroxylation is 1. The lowest BCUT2D eigenvalue weighted by Crippen LogP contribution is -2.37. The molecule has 1 unspecified atom stereocenters. The Kier molecular flexibility index (Phi) is 5.32. The van der Waals surface area contributed by atoms with E-state index in [1.54, 1.807) is 13.1 Å². The molecule has 2 aromatic rings. The highest BCUT2D eigenvalue weighted by molar-refractivity contribution is 5.80. The fourth-order valence-corrected chi connectivity index (χ4v) is 1.95. The van der Waals surface area contributed by atoms with Gasteiger partial charge in [0.2, 0.25) is 0 Å². The fourth-order valence-electron chi connectivity index (χ4n) is 1.95. The maximum atomic E-state index is 12.0. The molecular formula is C17H20N2O2. The molecule has 1 amide bonds. The molecule has 0 spiro atoms. The largest absolute Gasteiger partial charge is 0.481 e. The number of benzene rings is 1. The van der Waals surface area contributed by atoms with Gasteiger partial charge in [0.05, 0.1) is 0 Å². The van der Waals surface area contributed by atoms with Crippen molar-refractivity contribution in [2.45, 2.75) is 26.4 Å². The van der Waals surface area contributed by atoms with Gasteiger partial charge < -0.3 is 10.1 Å². The number of carbonyl (C=O) groups is 1. The molecule has 1 aromatic heterocycles. The van der Waals surface area contributed by atoms with Crippen molar-refractivity contribution in [3.63, 3.8) is 0 Å². The molecule has 0 fully saturated rings. The van der Waals surface area contributed by atoms with Crippen LogP contribution in [0.3, 0.4) is 0 Å². The summed E-state index contributed by atoms with van der Waals surface area (Å²) < 4.78 is 5.63. The lowest BCUT2D eigenvalue weighted by Gasteiger charge is -2.15. The highest BCUT2D eigenvalue weighted by Crippen LogP contribution is 2.14. The summed E-state index contributed by atoms with van der Waals surface area (Å²) in [6, 6.07) is 13.4.